The van der Waals surface area contributed by atoms with Crippen molar-refractivity contribution in [2.75, 3.05) is 19.6 Å². The molecular formula is C24H31Cl2N3O2. The van der Waals surface area contributed by atoms with E-state index >= 15 is 0 Å². The predicted molar refractivity (Wildman–Crippen MR) is 122 cm³/mol. The van der Waals surface area contributed by atoms with Crippen molar-refractivity contribution >= 4 is 35.1 Å². The first kappa shape index (κ1) is 21.4. The molecule has 5 aliphatic rings. The van der Waals surface area contributed by atoms with Crippen LogP contribution in [0.5, 0.6) is 0 Å². The van der Waals surface area contributed by atoms with Gasteiger partial charge in [0.2, 0.25) is 5.91 Å². The molecule has 4 aliphatic carbocycles. The summed E-state index contributed by atoms with van der Waals surface area (Å²) in [5.41, 5.74) is 0.808. The van der Waals surface area contributed by atoms with Crippen molar-refractivity contribution in [1.29, 1.82) is 0 Å². The Kier molecular flexibility index (Phi) is 5.85. The third-order valence-electron chi connectivity index (χ3n) is 8.34. The standard InChI is InChI=1S/C24H31Cl2N3O2/c25-20-2-1-18(21(26)10-20)14-28-23(31)29-5-3-15(4-6-29)13-27-22(30)24-11-16-7-17(12-24)9-19(24)8-16/h1-2,10,15-17,19H,3-9,11-14H2,(H,27,30)(H,28,31). The Morgan fingerprint density at radius 2 is 1.74 bits per heavy atom. The van der Waals surface area contributed by atoms with E-state index in [0.29, 0.717) is 34.3 Å². The van der Waals surface area contributed by atoms with Crippen LogP contribution >= 0.6 is 23.2 Å². The van der Waals surface area contributed by atoms with Gasteiger partial charge in [-0.3, -0.25) is 4.79 Å². The van der Waals surface area contributed by atoms with Gasteiger partial charge in [-0.05, 0) is 86.3 Å². The molecule has 3 amide bonds. The van der Waals surface area contributed by atoms with Crippen molar-refractivity contribution in [2.24, 2.45) is 29.1 Å². The number of hydrogen-bond donors (Lipinski definition) is 2. The highest BCUT2D eigenvalue weighted by molar-refractivity contribution is 6.35. The second kappa shape index (κ2) is 8.47. The smallest absolute Gasteiger partial charge is 0.317 e. The van der Waals surface area contributed by atoms with Gasteiger partial charge in [0.1, 0.15) is 0 Å². The van der Waals surface area contributed by atoms with E-state index in [1.807, 2.05) is 11.0 Å². The van der Waals surface area contributed by atoms with Crippen molar-refractivity contribution < 1.29 is 9.59 Å². The highest BCUT2D eigenvalue weighted by atomic mass is 35.5. The summed E-state index contributed by atoms with van der Waals surface area (Å²) >= 11 is 12.1. The van der Waals surface area contributed by atoms with Crippen molar-refractivity contribution in [3.63, 3.8) is 0 Å². The van der Waals surface area contributed by atoms with Gasteiger partial charge < -0.3 is 15.5 Å². The maximum Gasteiger partial charge on any atom is 0.317 e. The molecule has 4 bridgehead atoms. The molecule has 31 heavy (non-hydrogen) atoms. The van der Waals surface area contributed by atoms with Crippen LogP contribution in [0.15, 0.2) is 18.2 Å². The maximum atomic E-state index is 13.1. The van der Waals surface area contributed by atoms with Crippen molar-refractivity contribution in [3.8, 4) is 0 Å². The molecule has 4 saturated carbocycles. The number of carbonyl (C=O) groups is 2. The minimum atomic E-state index is -0.0635. The van der Waals surface area contributed by atoms with Crippen molar-refractivity contribution in [1.82, 2.24) is 15.5 Å². The monoisotopic (exact) mass is 463 g/mol. The first-order valence-electron chi connectivity index (χ1n) is 11.7. The Hall–Kier alpha value is -1.46. The van der Waals surface area contributed by atoms with Crippen LogP contribution in [0.3, 0.4) is 0 Å². The van der Waals surface area contributed by atoms with Gasteiger partial charge in [0.05, 0.1) is 5.41 Å². The largest absolute Gasteiger partial charge is 0.355 e. The lowest BCUT2D eigenvalue weighted by molar-refractivity contribution is -0.133. The van der Waals surface area contributed by atoms with Gasteiger partial charge in [-0.15, -0.1) is 0 Å². The first-order chi connectivity index (χ1) is 14.9. The van der Waals surface area contributed by atoms with E-state index in [1.165, 1.54) is 19.3 Å². The molecule has 6 rings (SSSR count). The number of urea groups is 1. The molecule has 0 spiro atoms. The average Bonchev–Trinajstić information content (AvgIpc) is 3.16. The van der Waals surface area contributed by atoms with Gasteiger partial charge >= 0.3 is 6.03 Å². The summed E-state index contributed by atoms with van der Waals surface area (Å²) in [5.74, 6) is 3.00. The molecule has 2 unspecified atom stereocenters. The molecule has 1 aromatic carbocycles. The van der Waals surface area contributed by atoms with E-state index in [-0.39, 0.29) is 11.4 Å². The van der Waals surface area contributed by atoms with Gasteiger partial charge in [-0.2, -0.15) is 0 Å². The fourth-order valence-electron chi connectivity index (χ4n) is 6.87. The van der Waals surface area contributed by atoms with Crippen LogP contribution in [0, 0.1) is 29.1 Å². The van der Waals surface area contributed by atoms with E-state index in [0.717, 1.165) is 62.7 Å². The predicted octanol–water partition coefficient (Wildman–Crippen LogP) is 4.86. The van der Waals surface area contributed by atoms with Crippen LogP contribution in [0.1, 0.15) is 50.5 Å². The summed E-state index contributed by atoms with van der Waals surface area (Å²) in [6.45, 7) is 2.58. The summed E-state index contributed by atoms with van der Waals surface area (Å²) in [6.07, 6.45) is 8.01. The molecule has 168 valence electrons. The maximum absolute atomic E-state index is 13.1. The highest BCUT2D eigenvalue weighted by Crippen LogP contribution is 2.65. The molecule has 5 fully saturated rings. The van der Waals surface area contributed by atoms with Crippen molar-refractivity contribution in [3.05, 3.63) is 33.8 Å². The van der Waals surface area contributed by atoms with Gasteiger partial charge in [0.15, 0.2) is 0 Å². The number of rotatable bonds is 5. The molecule has 1 heterocycles. The quantitative estimate of drug-likeness (QED) is 0.654. The molecule has 1 aromatic rings. The average molecular weight is 464 g/mol. The molecular weight excluding hydrogens is 433 g/mol. The zero-order valence-electron chi connectivity index (χ0n) is 17.8. The molecule has 7 heteroatoms. The number of nitrogens with zero attached hydrogens (tertiary/aromatic N) is 1. The molecule has 0 aromatic heterocycles. The van der Waals surface area contributed by atoms with Crippen LogP contribution in [-0.2, 0) is 11.3 Å². The highest BCUT2D eigenvalue weighted by Gasteiger charge is 2.61. The molecule has 2 N–H and O–H groups in total. The Morgan fingerprint density at radius 1 is 1.03 bits per heavy atom. The number of benzene rings is 1. The number of nitrogens with one attached hydrogen (secondary N) is 2. The summed E-state index contributed by atoms with van der Waals surface area (Å²) < 4.78 is 0. The zero-order chi connectivity index (χ0) is 21.6. The van der Waals surface area contributed by atoms with Crippen LogP contribution < -0.4 is 10.6 Å². The van der Waals surface area contributed by atoms with E-state index in [2.05, 4.69) is 10.6 Å². The van der Waals surface area contributed by atoms with Gasteiger partial charge in [-0.1, -0.05) is 29.3 Å². The third kappa shape index (κ3) is 4.16. The van der Waals surface area contributed by atoms with E-state index in [4.69, 9.17) is 23.2 Å². The second-order valence-electron chi connectivity index (χ2n) is 10.2. The van der Waals surface area contributed by atoms with Crippen molar-refractivity contribution in [2.45, 2.75) is 51.5 Å². The van der Waals surface area contributed by atoms with Crippen LogP contribution in [-0.4, -0.2) is 36.5 Å². The normalized spacial score (nSPS) is 31.8. The second-order valence-corrected chi connectivity index (χ2v) is 11.1. The lowest BCUT2D eigenvalue weighted by atomic mass is 9.75. The number of hydrogen-bond acceptors (Lipinski definition) is 2. The molecule has 2 atom stereocenters. The lowest BCUT2D eigenvalue weighted by Crippen LogP contribution is -2.47. The van der Waals surface area contributed by atoms with Gasteiger partial charge in [-0.25, -0.2) is 4.79 Å². The Morgan fingerprint density at radius 3 is 2.42 bits per heavy atom. The number of likely N-dealkylation sites (tertiary alicyclic amines) is 1. The summed E-state index contributed by atoms with van der Waals surface area (Å²) in [6, 6.07) is 5.23. The zero-order valence-corrected chi connectivity index (χ0v) is 19.4. The minimum Gasteiger partial charge on any atom is -0.355 e. The van der Waals surface area contributed by atoms with Gasteiger partial charge in [0.25, 0.3) is 0 Å². The van der Waals surface area contributed by atoms with E-state index in [9.17, 15) is 9.59 Å². The number of carbonyl (C=O) groups excluding carboxylic acids is 2. The Labute approximate surface area is 194 Å². The van der Waals surface area contributed by atoms with E-state index < -0.39 is 0 Å². The molecule has 1 aliphatic heterocycles. The van der Waals surface area contributed by atoms with Crippen LogP contribution in [0.2, 0.25) is 10.0 Å². The fourth-order valence-corrected chi connectivity index (χ4v) is 7.34. The number of piperidine rings is 1. The Balaban J connectivity index is 1.05. The van der Waals surface area contributed by atoms with Crippen LogP contribution in [0.25, 0.3) is 0 Å². The van der Waals surface area contributed by atoms with E-state index in [1.54, 1.807) is 12.1 Å². The third-order valence-corrected chi connectivity index (χ3v) is 8.93. The summed E-state index contributed by atoms with van der Waals surface area (Å²) in [7, 11) is 0. The first-order valence-corrected chi connectivity index (χ1v) is 12.4. The lowest BCUT2D eigenvalue weighted by Gasteiger charge is -2.34. The topological polar surface area (TPSA) is 61.4 Å². The Bertz CT molecular complexity index is 854. The molecule has 0 radical (unpaired) electrons. The molecule has 1 saturated heterocycles. The number of halogens is 2. The molecule has 5 nitrogen and oxygen atoms in total. The number of amides is 3. The fraction of sp³-hybridized carbons (Fsp3) is 0.667. The minimum absolute atomic E-state index is 0.0445. The summed E-state index contributed by atoms with van der Waals surface area (Å²) in [4.78, 5) is 27.5. The SMILES string of the molecule is O=C(NCc1ccc(Cl)cc1Cl)N1CCC(CNC(=O)C23CC4CC(CC2C4)C3)CC1. The van der Waals surface area contributed by atoms with Gasteiger partial charge in [0, 0.05) is 36.2 Å². The van der Waals surface area contributed by atoms with Crippen LogP contribution in [0.4, 0.5) is 4.79 Å². The summed E-state index contributed by atoms with van der Waals surface area (Å²) in [5, 5.41) is 7.42.